The van der Waals surface area contributed by atoms with E-state index in [1.807, 2.05) is 13.0 Å². The van der Waals surface area contributed by atoms with E-state index in [1.54, 1.807) is 12.3 Å². The zero-order valence-electron chi connectivity index (χ0n) is 12.3. The number of nitrogens with zero attached hydrogens (tertiary/aromatic N) is 3. The molecule has 0 N–H and O–H groups in total. The van der Waals surface area contributed by atoms with Gasteiger partial charge in [0.1, 0.15) is 5.69 Å². The predicted octanol–water partition coefficient (Wildman–Crippen LogP) is 0.969. The van der Waals surface area contributed by atoms with E-state index in [0.29, 0.717) is 18.8 Å². The van der Waals surface area contributed by atoms with Crippen LogP contribution in [0, 0.1) is 0 Å². The molecule has 0 aliphatic carbocycles. The highest BCUT2D eigenvalue weighted by Gasteiger charge is 2.17. The molecule has 0 radical (unpaired) electrons. The van der Waals surface area contributed by atoms with Crippen LogP contribution in [-0.4, -0.2) is 61.5 Å². The minimum absolute atomic E-state index is 0.164. The maximum atomic E-state index is 11.5. The number of esters is 1. The Hall–Kier alpha value is -1.95. The number of carbonyl (C=O) groups excluding carboxylic acids is 2. The highest BCUT2D eigenvalue weighted by Crippen LogP contribution is 2.15. The van der Waals surface area contributed by atoms with Crippen molar-refractivity contribution >= 4 is 17.9 Å². The van der Waals surface area contributed by atoms with E-state index >= 15 is 0 Å². The minimum atomic E-state index is -0.164. The van der Waals surface area contributed by atoms with Gasteiger partial charge in [-0.3, -0.25) is 19.5 Å². The summed E-state index contributed by atoms with van der Waals surface area (Å²) >= 11 is 0. The SMILES string of the molecule is CCOC(=O)CN1CCCN(c2ccc(C=O)nc2)CC1. The molecule has 1 aromatic rings. The average Bonchev–Trinajstić information content (AvgIpc) is 2.73. The van der Waals surface area contributed by atoms with E-state index in [2.05, 4.69) is 14.8 Å². The number of rotatable bonds is 5. The third-order valence-electron chi connectivity index (χ3n) is 3.50. The van der Waals surface area contributed by atoms with E-state index in [4.69, 9.17) is 4.74 Å². The van der Waals surface area contributed by atoms with Crippen molar-refractivity contribution in [1.29, 1.82) is 0 Å². The second-order valence-corrected chi connectivity index (χ2v) is 4.98. The fourth-order valence-corrected chi connectivity index (χ4v) is 2.43. The summed E-state index contributed by atoms with van der Waals surface area (Å²) in [7, 11) is 0. The third-order valence-corrected chi connectivity index (χ3v) is 3.50. The third kappa shape index (κ3) is 4.53. The molecule has 0 unspecified atom stereocenters. The lowest BCUT2D eigenvalue weighted by Crippen LogP contribution is -2.35. The molecule has 1 saturated heterocycles. The molecule has 0 bridgehead atoms. The lowest BCUT2D eigenvalue weighted by atomic mass is 10.3. The molecular weight excluding hydrogens is 270 g/mol. The molecule has 114 valence electrons. The van der Waals surface area contributed by atoms with E-state index in [9.17, 15) is 9.59 Å². The van der Waals surface area contributed by atoms with Crippen LogP contribution in [0.4, 0.5) is 5.69 Å². The Bertz CT molecular complexity index is 476. The number of aromatic nitrogens is 1. The van der Waals surface area contributed by atoms with Gasteiger partial charge in [0.2, 0.25) is 0 Å². The fourth-order valence-electron chi connectivity index (χ4n) is 2.43. The Morgan fingerprint density at radius 2 is 2.19 bits per heavy atom. The van der Waals surface area contributed by atoms with E-state index in [0.717, 1.165) is 44.6 Å². The smallest absolute Gasteiger partial charge is 0.320 e. The maximum Gasteiger partial charge on any atom is 0.320 e. The van der Waals surface area contributed by atoms with Gasteiger partial charge in [0.05, 0.1) is 25.0 Å². The first-order valence-electron chi connectivity index (χ1n) is 7.27. The molecule has 0 spiro atoms. The van der Waals surface area contributed by atoms with Crippen LogP contribution in [-0.2, 0) is 9.53 Å². The van der Waals surface area contributed by atoms with Gasteiger partial charge in [-0.2, -0.15) is 0 Å². The standard InChI is InChI=1S/C15H21N3O3/c1-2-21-15(20)11-17-6-3-7-18(9-8-17)14-5-4-13(12-19)16-10-14/h4-5,10,12H,2-3,6-9,11H2,1H3. The predicted molar refractivity (Wildman–Crippen MR) is 79.5 cm³/mol. The van der Waals surface area contributed by atoms with E-state index in [1.165, 1.54) is 0 Å². The molecule has 1 aliphatic rings. The molecule has 2 heterocycles. The van der Waals surface area contributed by atoms with Gasteiger partial charge in [0.15, 0.2) is 6.29 Å². The van der Waals surface area contributed by atoms with Gasteiger partial charge in [-0.25, -0.2) is 0 Å². The second kappa shape index (κ2) is 7.73. The van der Waals surface area contributed by atoms with Crippen molar-refractivity contribution in [3.8, 4) is 0 Å². The monoisotopic (exact) mass is 291 g/mol. The molecule has 1 fully saturated rings. The molecule has 0 aromatic carbocycles. The summed E-state index contributed by atoms with van der Waals surface area (Å²) < 4.78 is 4.99. The topological polar surface area (TPSA) is 62.7 Å². The van der Waals surface area contributed by atoms with Gasteiger partial charge >= 0.3 is 5.97 Å². The summed E-state index contributed by atoms with van der Waals surface area (Å²) in [6.07, 6.45) is 3.45. The molecule has 1 aliphatic heterocycles. The first kappa shape index (κ1) is 15.4. The van der Waals surface area contributed by atoms with Crippen molar-refractivity contribution in [2.24, 2.45) is 0 Å². The molecule has 2 rings (SSSR count). The van der Waals surface area contributed by atoms with Crippen LogP contribution < -0.4 is 4.90 Å². The molecule has 6 nitrogen and oxygen atoms in total. The first-order valence-corrected chi connectivity index (χ1v) is 7.27. The Kier molecular flexibility index (Phi) is 5.68. The molecule has 0 saturated carbocycles. The number of ether oxygens (including phenoxy) is 1. The number of anilines is 1. The van der Waals surface area contributed by atoms with Crippen molar-refractivity contribution < 1.29 is 14.3 Å². The summed E-state index contributed by atoms with van der Waals surface area (Å²) in [5.74, 6) is -0.164. The number of carbonyl (C=O) groups is 2. The molecule has 21 heavy (non-hydrogen) atoms. The Morgan fingerprint density at radius 3 is 2.86 bits per heavy atom. The summed E-state index contributed by atoms with van der Waals surface area (Å²) in [5, 5.41) is 0. The molecule has 6 heteroatoms. The van der Waals surface area contributed by atoms with Gasteiger partial charge in [0.25, 0.3) is 0 Å². The number of aldehydes is 1. The van der Waals surface area contributed by atoms with Crippen molar-refractivity contribution in [2.75, 3.05) is 44.2 Å². The van der Waals surface area contributed by atoms with Gasteiger partial charge in [-0.1, -0.05) is 0 Å². The van der Waals surface area contributed by atoms with E-state index in [-0.39, 0.29) is 5.97 Å². The largest absolute Gasteiger partial charge is 0.465 e. The first-order chi connectivity index (χ1) is 10.2. The normalized spacial score (nSPS) is 16.3. The molecule has 0 atom stereocenters. The highest BCUT2D eigenvalue weighted by molar-refractivity contribution is 5.72. The van der Waals surface area contributed by atoms with Crippen LogP contribution in [0.25, 0.3) is 0 Å². The lowest BCUT2D eigenvalue weighted by Gasteiger charge is -2.23. The number of hydrogen-bond acceptors (Lipinski definition) is 6. The highest BCUT2D eigenvalue weighted by atomic mass is 16.5. The summed E-state index contributed by atoms with van der Waals surface area (Å²) in [5.41, 5.74) is 1.45. The van der Waals surface area contributed by atoms with Crippen LogP contribution in [0.2, 0.25) is 0 Å². The second-order valence-electron chi connectivity index (χ2n) is 4.98. The van der Waals surface area contributed by atoms with Crippen LogP contribution in [0.15, 0.2) is 18.3 Å². The zero-order valence-corrected chi connectivity index (χ0v) is 12.3. The van der Waals surface area contributed by atoms with Crippen molar-refractivity contribution in [2.45, 2.75) is 13.3 Å². The summed E-state index contributed by atoms with van der Waals surface area (Å²) in [6.45, 7) is 6.04. The van der Waals surface area contributed by atoms with Gasteiger partial charge in [-0.15, -0.1) is 0 Å². The van der Waals surface area contributed by atoms with Crippen LogP contribution in [0.3, 0.4) is 0 Å². The maximum absolute atomic E-state index is 11.5. The minimum Gasteiger partial charge on any atom is -0.465 e. The van der Waals surface area contributed by atoms with Gasteiger partial charge < -0.3 is 9.64 Å². The molecule has 0 amide bonds. The van der Waals surface area contributed by atoms with Gasteiger partial charge in [0, 0.05) is 26.2 Å². The molecule has 1 aromatic heterocycles. The van der Waals surface area contributed by atoms with Crippen LogP contribution in [0.5, 0.6) is 0 Å². The lowest BCUT2D eigenvalue weighted by molar-refractivity contribution is -0.144. The van der Waals surface area contributed by atoms with Gasteiger partial charge in [-0.05, 0) is 25.5 Å². The Labute approximate surface area is 124 Å². The van der Waals surface area contributed by atoms with Crippen molar-refractivity contribution in [3.05, 3.63) is 24.0 Å². The molecular formula is C15H21N3O3. The zero-order chi connectivity index (χ0) is 15.1. The van der Waals surface area contributed by atoms with Crippen LogP contribution in [0.1, 0.15) is 23.8 Å². The Balaban J connectivity index is 1.90. The van der Waals surface area contributed by atoms with E-state index < -0.39 is 0 Å². The quantitative estimate of drug-likeness (QED) is 0.595. The fraction of sp³-hybridized carbons (Fsp3) is 0.533. The Morgan fingerprint density at radius 1 is 1.33 bits per heavy atom. The summed E-state index contributed by atoms with van der Waals surface area (Å²) in [4.78, 5) is 30.6. The van der Waals surface area contributed by atoms with Crippen LogP contribution >= 0.6 is 0 Å². The number of hydrogen-bond donors (Lipinski definition) is 0. The summed E-state index contributed by atoms with van der Waals surface area (Å²) in [6, 6.07) is 3.64. The average molecular weight is 291 g/mol. The number of pyridine rings is 1. The van der Waals surface area contributed by atoms with Crippen molar-refractivity contribution in [1.82, 2.24) is 9.88 Å². The van der Waals surface area contributed by atoms with Crippen molar-refractivity contribution in [3.63, 3.8) is 0 Å².